The topological polar surface area (TPSA) is 105 Å². The van der Waals surface area contributed by atoms with Crippen molar-refractivity contribution in [2.45, 2.75) is 57.1 Å². The third kappa shape index (κ3) is 8.17. The lowest BCUT2D eigenvalue weighted by Crippen LogP contribution is -2.53. The van der Waals surface area contributed by atoms with E-state index >= 15 is 0 Å². The Kier molecular flexibility index (Phi) is 11.6. The van der Waals surface area contributed by atoms with Crippen molar-refractivity contribution < 1.29 is 27.5 Å². The van der Waals surface area contributed by atoms with Gasteiger partial charge >= 0.3 is 0 Å². The summed E-state index contributed by atoms with van der Waals surface area (Å²) in [6, 6.07) is 18.4. The minimum absolute atomic E-state index is 0.0306. The van der Waals surface area contributed by atoms with Crippen LogP contribution < -0.4 is 19.1 Å². The molecule has 3 aromatic rings. The summed E-state index contributed by atoms with van der Waals surface area (Å²) in [5, 5.41) is 3.27. The fourth-order valence-electron chi connectivity index (χ4n) is 4.36. The third-order valence-corrected chi connectivity index (χ3v) is 8.92. The molecular formula is C31H38ClN3O6S. The molecule has 3 rings (SSSR count). The number of carbonyl (C=O) groups excluding carboxylic acids is 2. The first-order chi connectivity index (χ1) is 20.0. The van der Waals surface area contributed by atoms with Crippen LogP contribution in [0.2, 0.25) is 5.02 Å². The standard InChI is InChI=1S/C31H38ClN3O6S/c1-6-22(3)33-31(37)29(7-2)34(20-23-10-8-13-27(18-23)41-5)30(36)21-35(25-12-9-11-24(32)19-25)42(38,39)28-16-14-26(40-4)15-17-28/h8-19,22,29H,6-7,20-21H2,1-5H3,(H,33,37)/t22-,29-/m0/s1. The van der Waals surface area contributed by atoms with Crippen LogP contribution in [0, 0.1) is 0 Å². The molecule has 0 saturated carbocycles. The van der Waals surface area contributed by atoms with E-state index in [-0.39, 0.29) is 29.1 Å². The zero-order chi connectivity index (χ0) is 30.9. The van der Waals surface area contributed by atoms with Crippen LogP contribution in [-0.2, 0) is 26.2 Å². The molecule has 42 heavy (non-hydrogen) atoms. The average Bonchev–Trinajstić information content (AvgIpc) is 2.99. The van der Waals surface area contributed by atoms with Gasteiger partial charge in [0.05, 0.1) is 24.8 Å². The number of hydrogen-bond acceptors (Lipinski definition) is 6. The second-order valence-electron chi connectivity index (χ2n) is 9.78. The number of nitrogens with zero attached hydrogens (tertiary/aromatic N) is 2. The van der Waals surface area contributed by atoms with E-state index in [1.165, 1.54) is 42.3 Å². The number of ether oxygens (including phenoxy) is 2. The molecule has 0 fully saturated rings. The number of halogens is 1. The van der Waals surface area contributed by atoms with E-state index < -0.39 is 28.5 Å². The van der Waals surface area contributed by atoms with Gasteiger partial charge in [-0.25, -0.2) is 8.42 Å². The highest BCUT2D eigenvalue weighted by Crippen LogP contribution is 2.28. The van der Waals surface area contributed by atoms with Crippen LogP contribution in [0.15, 0.2) is 77.7 Å². The Labute approximate surface area is 253 Å². The van der Waals surface area contributed by atoms with Gasteiger partial charge in [0.25, 0.3) is 10.0 Å². The number of sulfonamides is 1. The lowest BCUT2D eigenvalue weighted by Gasteiger charge is -2.33. The third-order valence-electron chi connectivity index (χ3n) is 6.90. The smallest absolute Gasteiger partial charge is 0.264 e. The number of amides is 2. The van der Waals surface area contributed by atoms with Gasteiger partial charge in [0, 0.05) is 17.6 Å². The van der Waals surface area contributed by atoms with Crippen molar-refractivity contribution in [1.82, 2.24) is 10.2 Å². The first-order valence-electron chi connectivity index (χ1n) is 13.7. The summed E-state index contributed by atoms with van der Waals surface area (Å²) in [5.41, 5.74) is 0.940. The minimum atomic E-state index is -4.23. The normalized spacial score (nSPS) is 12.6. The molecule has 11 heteroatoms. The highest BCUT2D eigenvalue weighted by molar-refractivity contribution is 7.92. The van der Waals surface area contributed by atoms with Crippen LogP contribution in [0.1, 0.15) is 39.2 Å². The molecule has 0 spiro atoms. The number of methoxy groups -OCH3 is 2. The molecule has 0 aliphatic heterocycles. The molecule has 3 aromatic carbocycles. The molecule has 0 aliphatic rings. The number of hydrogen-bond donors (Lipinski definition) is 1. The highest BCUT2D eigenvalue weighted by Gasteiger charge is 2.34. The molecular weight excluding hydrogens is 578 g/mol. The van der Waals surface area contributed by atoms with Crippen LogP contribution >= 0.6 is 11.6 Å². The predicted molar refractivity (Wildman–Crippen MR) is 164 cm³/mol. The van der Waals surface area contributed by atoms with Crippen molar-refractivity contribution in [1.29, 1.82) is 0 Å². The molecule has 226 valence electrons. The maximum absolute atomic E-state index is 14.2. The quantitative estimate of drug-likeness (QED) is 0.265. The molecule has 9 nitrogen and oxygen atoms in total. The van der Waals surface area contributed by atoms with Crippen LogP contribution in [-0.4, -0.2) is 58.0 Å². The van der Waals surface area contributed by atoms with E-state index in [0.717, 1.165) is 9.87 Å². The Balaban J connectivity index is 2.07. The Morgan fingerprint density at radius 2 is 1.57 bits per heavy atom. The van der Waals surface area contributed by atoms with Crippen LogP contribution in [0.25, 0.3) is 0 Å². The molecule has 2 amide bonds. The summed E-state index contributed by atoms with van der Waals surface area (Å²) in [5.74, 6) is 0.220. The van der Waals surface area contributed by atoms with E-state index in [1.807, 2.05) is 26.8 Å². The van der Waals surface area contributed by atoms with Crippen molar-refractivity contribution in [3.63, 3.8) is 0 Å². The molecule has 0 bridgehead atoms. The number of nitrogens with one attached hydrogen (secondary N) is 1. The first-order valence-corrected chi connectivity index (χ1v) is 15.5. The minimum Gasteiger partial charge on any atom is -0.497 e. The summed E-state index contributed by atoms with van der Waals surface area (Å²) >= 11 is 6.24. The van der Waals surface area contributed by atoms with E-state index in [1.54, 1.807) is 43.5 Å². The predicted octanol–water partition coefficient (Wildman–Crippen LogP) is 5.27. The van der Waals surface area contributed by atoms with Gasteiger partial charge in [-0.15, -0.1) is 0 Å². The van der Waals surface area contributed by atoms with Crippen LogP contribution in [0.5, 0.6) is 11.5 Å². The molecule has 1 N–H and O–H groups in total. The van der Waals surface area contributed by atoms with E-state index in [9.17, 15) is 18.0 Å². The average molecular weight is 616 g/mol. The number of anilines is 1. The summed E-state index contributed by atoms with van der Waals surface area (Å²) in [6.07, 6.45) is 1.04. The fraction of sp³-hybridized carbons (Fsp3) is 0.355. The molecule has 0 radical (unpaired) electrons. The Bertz CT molecular complexity index is 1470. The number of benzene rings is 3. The number of carbonyl (C=O) groups is 2. The molecule has 2 atom stereocenters. The van der Waals surface area contributed by atoms with Gasteiger partial charge < -0.3 is 19.7 Å². The largest absolute Gasteiger partial charge is 0.497 e. The van der Waals surface area contributed by atoms with Crippen molar-refractivity contribution in [3.8, 4) is 11.5 Å². The van der Waals surface area contributed by atoms with E-state index in [4.69, 9.17) is 21.1 Å². The zero-order valence-corrected chi connectivity index (χ0v) is 26.1. The van der Waals surface area contributed by atoms with Gasteiger partial charge in [-0.2, -0.15) is 0 Å². The summed E-state index contributed by atoms with van der Waals surface area (Å²) in [6.45, 7) is 5.16. The van der Waals surface area contributed by atoms with Crippen molar-refractivity contribution in [2.24, 2.45) is 0 Å². The summed E-state index contributed by atoms with van der Waals surface area (Å²) in [4.78, 5) is 28.9. The van der Waals surface area contributed by atoms with Crippen molar-refractivity contribution >= 4 is 39.1 Å². The molecule has 0 saturated heterocycles. The molecule has 0 unspecified atom stereocenters. The molecule has 0 aliphatic carbocycles. The Hall–Kier alpha value is -3.76. The number of rotatable bonds is 14. The fourth-order valence-corrected chi connectivity index (χ4v) is 5.95. The van der Waals surface area contributed by atoms with Gasteiger partial charge in [-0.1, -0.05) is 43.6 Å². The van der Waals surface area contributed by atoms with Gasteiger partial charge in [-0.05, 0) is 79.9 Å². The van der Waals surface area contributed by atoms with Crippen molar-refractivity contribution in [3.05, 3.63) is 83.4 Å². The SMILES string of the molecule is CC[C@H](C)NC(=O)[C@H](CC)N(Cc1cccc(OC)c1)C(=O)CN(c1cccc(Cl)c1)S(=O)(=O)c1ccc(OC)cc1. The second kappa shape index (κ2) is 14.9. The van der Waals surface area contributed by atoms with Gasteiger partial charge in [-0.3, -0.25) is 13.9 Å². The summed E-state index contributed by atoms with van der Waals surface area (Å²) < 4.78 is 39.5. The lowest BCUT2D eigenvalue weighted by molar-refractivity contribution is -0.140. The van der Waals surface area contributed by atoms with Gasteiger partial charge in [0.15, 0.2) is 0 Å². The molecule has 0 heterocycles. The Morgan fingerprint density at radius 3 is 2.17 bits per heavy atom. The van der Waals surface area contributed by atoms with Crippen molar-refractivity contribution in [2.75, 3.05) is 25.1 Å². The lowest BCUT2D eigenvalue weighted by atomic mass is 10.1. The molecule has 0 aromatic heterocycles. The van der Waals surface area contributed by atoms with Gasteiger partial charge in [0.1, 0.15) is 24.1 Å². The monoisotopic (exact) mass is 615 g/mol. The summed E-state index contributed by atoms with van der Waals surface area (Å²) in [7, 11) is -1.20. The Morgan fingerprint density at radius 1 is 0.905 bits per heavy atom. The van der Waals surface area contributed by atoms with Crippen LogP contribution in [0.3, 0.4) is 0 Å². The first kappa shape index (κ1) is 32.8. The van der Waals surface area contributed by atoms with E-state index in [2.05, 4.69) is 5.32 Å². The zero-order valence-electron chi connectivity index (χ0n) is 24.5. The highest BCUT2D eigenvalue weighted by atomic mass is 35.5. The second-order valence-corrected chi connectivity index (χ2v) is 12.1. The maximum atomic E-state index is 14.2. The van der Waals surface area contributed by atoms with Crippen LogP contribution in [0.4, 0.5) is 5.69 Å². The van der Waals surface area contributed by atoms with Gasteiger partial charge in [0.2, 0.25) is 11.8 Å². The van der Waals surface area contributed by atoms with E-state index in [0.29, 0.717) is 29.4 Å². The maximum Gasteiger partial charge on any atom is 0.264 e.